The van der Waals surface area contributed by atoms with Crippen molar-refractivity contribution in [2.45, 2.75) is 316 Å². The first-order valence-corrected chi connectivity index (χ1v) is 38.2. The van der Waals surface area contributed by atoms with Crippen LogP contribution in [0.2, 0.25) is 0 Å². The predicted octanol–water partition coefficient (Wildman–Crippen LogP) is -21.1. The van der Waals surface area contributed by atoms with Gasteiger partial charge in [-0.1, -0.05) is 0 Å². The highest BCUT2D eigenvalue weighted by atomic mass is 16.8. The molecule has 8 aliphatic heterocycles. The summed E-state index contributed by atoms with van der Waals surface area (Å²) in [6.07, 6.45) is -87.7. The topological polar surface area (TPSA) is 856 Å². The third-order valence-corrected chi connectivity index (χ3v) is 21.4. The molecule has 8 aliphatic rings. The number of hydrogen-bond acceptors (Lipinski definition) is 48. The molecule has 0 spiro atoms. The molecule has 8 unspecified atom stereocenters. The van der Waals surface area contributed by atoms with E-state index in [-0.39, 0.29) is 0 Å². The molecule has 700 valence electrons. The summed E-state index contributed by atoms with van der Waals surface area (Å²) in [5.74, 6) is -10.1. The molecule has 54 nitrogen and oxygen atoms in total. The molecule has 0 saturated carbocycles. The standard InChI is InChI=1S/C67H113N5O49/c1-17(82)68-22(7-73)37(90)51(25(89)9-75)114-60-35(71-20(4)85)45(98)52(30(14-80)111-60)115-62-49(102)55(117-65-58(48(101)41(94)28(12-78)110-65)119-59-34(70-19(3)84)44(97)39(92)26(10-76)107-59)43(96)32(113-62)16-106-64-57(47(100)40(93)27(11-77)109-64)118-61-36(72-21(5)86)46(99)53(31(15-81)112-61)116-63-50(103)56(42(95)29(13-79)108-63)121-67(66(104)105)6-23(87)33(69-18(2)83)54(120-67)38(91)24(88)8-74/h22-65,73-81,87-103H,6-16H2,1-5H3,(H,68,82)(H,69,83)(H,70,84)(H,71,85)(H,72,86)(H,104,105)/t22-,23-,24+,25+,26+,27+,28+,29+,30+,31+,32+,33+,34+,35+,36+,37+,38+,39+,40+,41+,42-,43+,44+,45+,46+,47-,48-,49-,50+,51+,52+,53+,54+,55-,56-,57-,58-,59?,60?,61?,62?,63?,64?,65?,67?/m0/s1. The number of amides is 5. The van der Waals surface area contributed by atoms with Gasteiger partial charge >= 0.3 is 5.97 Å². The normalized spacial score (nSPS) is 43.9. The monoisotopic (exact) mass is 1770 g/mol. The number of carbonyl (C=O) groups is 6. The lowest BCUT2D eigenvalue weighted by molar-refractivity contribution is -0.397. The first kappa shape index (κ1) is 102. The van der Waals surface area contributed by atoms with Gasteiger partial charge in [-0.25, -0.2) is 4.79 Å². The molecule has 8 rings (SSSR count). The Morgan fingerprint density at radius 1 is 0.372 bits per heavy atom. The van der Waals surface area contributed by atoms with E-state index in [2.05, 4.69) is 26.6 Å². The maximum Gasteiger partial charge on any atom is 0.364 e. The van der Waals surface area contributed by atoms with Crippen LogP contribution in [0.5, 0.6) is 0 Å². The van der Waals surface area contributed by atoms with Gasteiger partial charge in [0.1, 0.15) is 207 Å². The minimum Gasteiger partial charge on any atom is -0.477 e. The SMILES string of the molecule is CC(=O)N[C@H]1[C@H]([C@H](O)[C@H](O)CO)OC(O[C@H]2[C@@H](O)[C@@H](CO)OC(O[C@H]3[C@H](O)[C@@H](NC(C)=O)C(O[C@@H]4C(OC[C@H]5OC(O[C@H]6[C@H](O)[C@@H](NC(C)=O)C(O[C@@H]([C@H](O)[C@H](CO)NC(C)=O)[C@H](O)CO)O[C@@H]6CO)[C@@H](O)[C@@H](OC6O[C@H](CO)[C@@H](O)[C@H](O)[C@@H]6OC6O[C@H](CO)[C@@H](O)[C@H](O)[C@H]6NC(C)=O)[C@@H]5O)O[C@H](CO)[C@@H](O)[C@@H]4O)O[C@@H]3CO)[C@@H]2O)(C(=O)O)C[C@@H]1O. The second-order valence-corrected chi connectivity index (χ2v) is 30.1. The average Bonchev–Trinajstić information content (AvgIpc) is 0.749. The smallest absolute Gasteiger partial charge is 0.364 e. The van der Waals surface area contributed by atoms with Gasteiger partial charge in [-0.3, -0.25) is 24.0 Å². The fraction of sp³-hybridized carbons (Fsp3) is 0.910. The summed E-state index contributed by atoms with van der Waals surface area (Å²) in [5, 5.41) is 312. The van der Waals surface area contributed by atoms with Crippen LogP contribution in [0.15, 0.2) is 0 Å². The molecule has 8 heterocycles. The molecule has 0 aromatic rings. The average molecular weight is 1770 g/mol. The van der Waals surface area contributed by atoms with Crippen LogP contribution < -0.4 is 26.6 Å². The molecule has 0 bridgehead atoms. The van der Waals surface area contributed by atoms with Gasteiger partial charge in [0, 0.05) is 41.0 Å². The molecular weight excluding hydrogens is 1660 g/mol. The number of ether oxygens (including phenoxy) is 16. The van der Waals surface area contributed by atoms with Crippen LogP contribution in [-0.4, -0.2) is 515 Å². The highest BCUT2D eigenvalue weighted by Crippen LogP contribution is 2.42. The Morgan fingerprint density at radius 3 is 1.20 bits per heavy atom. The van der Waals surface area contributed by atoms with Crippen molar-refractivity contribution >= 4 is 35.5 Å². The van der Waals surface area contributed by atoms with Gasteiger partial charge < -0.3 is 240 Å². The summed E-state index contributed by atoms with van der Waals surface area (Å²) in [6, 6.07) is -9.30. The fourth-order valence-corrected chi connectivity index (χ4v) is 15.1. The minimum atomic E-state index is -3.30. The van der Waals surface area contributed by atoms with Crippen LogP contribution in [-0.2, 0) is 105 Å². The van der Waals surface area contributed by atoms with Crippen molar-refractivity contribution in [3.8, 4) is 0 Å². The Labute approximate surface area is 685 Å². The number of rotatable bonds is 37. The van der Waals surface area contributed by atoms with Crippen LogP contribution in [0.4, 0.5) is 0 Å². The molecule has 8 saturated heterocycles. The molecule has 121 heavy (non-hydrogen) atoms. The molecule has 8 fully saturated rings. The number of aliphatic carboxylic acids is 1. The fourth-order valence-electron chi connectivity index (χ4n) is 15.1. The van der Waals surface area contributed by atoms with Crippen molar-refractivity contribution < 1.29 is 242 Å². The van der Waals surface area contributed by atoms with Crippen molar-refractivity contribution in [3.05, 3.63) is 0 Å². The summed E-state index contributed by atoms with van der Waals surface area (Å²) in [4.78, 5) is 76.2. The molecule has 0 radical (unpaired) electrons. The van der Waals surface area contributed by atoms with Gasteiger partial charge in [0.2, 0.25) is 29.5 Å². The van der Waals surface area contributed by atoms with Crippen molar-refractivity contribution in [2.24, 2.45) is 0 Å². The minimum absolute atomic E-state index is 0.822. The zero-order chi connectivity index (χ0) is 90.0. The third kappa shape index (κ3) is 23.4. The number of hydrogen-bond donors (Lipinski definition) is 32. The Hall–Kier alpha value is -4.86. The molecule has 0 aliphatic carbocycles. The van der Waals surface area contributed by atoms with Crippen LogP contribution in [0.3, 0.4) is 0 Å². The lowest BCUT2D eigenvalue weighted by Gasteiger charge is -2.51. The summed E-state index contributed by atoms with van der Waals surface area (Å²) in [6.45, 7) is -7.18. The van der Waals surface area contributed by atoms with Crippen LogP contribution in [0.1, 0.15) is 41.0 Å². The molecular formula is C67H113N5O49. The zero-order valence-electron chi connectivity index (χ0n) is 65.2. The Kier molecular flexibility index (Phi) is 37.5. The lowest BCUT2D eigenvalue weighted by atomic mass is 9.88. The van der Waals surface area contributed by atoms with Crippen molar-refractivity contribution in [3.63, 3.8) is 0 Å². The second kappa shape index (κ2) is 44.7. The molecule has 32 N–H and O–H groups in total. The highest BCUT2D eigenvalue weighted by molar-refractivity contribution is 5.77. The van der Waals surface area contributed by atoms with E-state index in [1.165, 1.54) is 0 Å². The molecule has 5 amide bonds. The van der Waals surface area contributed by atoms with Gasteiger partial charge in [0.15, 0.2) is 44.0 Å². The van der Waals surface area contributed by atoms with Crippen molar-refractivity contribution in [1.82, 2.24) is 26.6 Å². The van der Waals surface area contributed by atoms with Crippen molar-refractivity contribution in [2.75, 3.05) is 66.1 Å². The quantitative estimate of drug-likeness (QED) is 0.0275. The third-order valence-electron chi connectivity index (χ3n) is 21.4. The van der Waals surface area contributed by atoms with Gasteiger partial charge in [-0.2, -0.15) is 0 Å². The van der Waals surface area contributed by atoms with E-state index < -0.39 is 383 Å². The largest absolute Gasteiger partial charge is 0.477 e. The number of nitrogens with one attached hydrogen (secondary N) is 5. The maximum absolute atomic E-state index is 13.2. The van der Waals surface area contributed by atoms with Gasteiger partial charge in [0.05, 0.1) is 84.3 Å². The van der Waals surface area contributed by atoms with E-state index in [0.717, 1.165) is 34.6 Å². The summed E-state index contributed by atoms with van der Waals surface area (Å²) >= 11 is 0. The van der Waals surface area contributed by atoms with Gasteiger partial charge in [-0.15, -0.1) is 0 Å². The molecule has 0 aromatic carbocycles. The first-order chi connectivity index (χ1) is 57.0. The Morgan fingerprint density at radius 2 is 0.744 bits per heavy atom. The van der Waals surface area contributed by atoms with Crippen LogP contribution in [0, 0.1) is 0 Å². The van der Waals surface area contributed by atoms with E-state index in [4.69, 9.17) is 75.8 Å². The summed E-state index contributed by atoms with van der Waals surface area (Å²) < 4.78 is 95.0. The van der Waals surface area contributed by atoms with Crippen LogP contribution in [0.25, 0.3) is 0 Å². The molecule has 45 atom stereocenters. The Bertz CT molecular complexity index is 3290. The second-order valence-electron chi connectivity index (χ2n) is 30.1. The molecule has 54 heteroatoms. The summed E-state index contributed by atoms with van der Waals surface area (Å²) in [5.41, 5.74) is 0. The summed E-state index contributed by atoms with van der Waals surface area (Å²) in [7, 11) is 0. The van der Waals surface area contributed by atoms with Gasteiger partial charge in [-0.05, 0) is 0 Å². The number of carboxylic acids is 1. The van der Waals surface area contributed by atoms with E-state index >= 15 is 0 Å². The van der Waals surface area contributed by atoms with Crippen molar-refractivity contribution in [1.29, 1.82) is 0 Å². The van der Waals surface area contributed by atoms with E-state index in [9.17, 15) is 167 Å². The van der Waals surface area contributed by atoms with Gasteiger partial charge in [0.25, 0.3) is 5.79 Å². The number of aliphatic hydroxyl groups excluding tert-OH is 26. The molecule has 0 aromatic heterocycles. The zero-order valence-corrected chi connectivity index (χ0v) is 65.2. The van der Waals surface area contributed by atoms with Crippen LogP contribution >= 0.6 is 0 Å². The number of aliphatic hydroxyl groups is 26. The lowest BCUT2D eigenvalue weighted by Crippen LogP contribution is -2.71. The Balaban J connectivity index is 1.13. The van der Waals surface area contributed by atoms with E-state index in [1.807, 2.05) is 0 Å². The highest BCUT2D eigenvalue weighted by Gasteiger charge is 2.63. The predicted molar refractivity (Wildman–Crippen MR) is 374 cm³/mol. The first-order valence-electron chi connectivity index (χ1n) is 38.2. The van der Waals surface area contributed by atoms with E-state index in [1.54, 1.807) is 0 Å². The van der Waals surface area contributed by atoms with E-state index in [0.29, 0.717) is 0 Å². The maximum atomic E-state index is 13.2. The number of carboxylic acid groups (broad SMARTS) is 1. The number of carbonyl (C=O) groups excluding carboxylic acids is 5.